The van der Waals surface area contributed by atoms with Gasteiger partial charge < -0.3 is 5.11 Å². The van der Waals surface area contributed by atoms with Crippen LogP contribution in [0.4, 0.5) is 0 Å². The summed E-state index contributed by atoms with van der Waals surface area (Å²) in [5.41, 5.74) is -0.779. The molecular weight excluding hydrogens is 327 g/mol. The van der Waals surface area contributed by atoms with Crippen molar-refractivity contribution in [2.45, 2.75) is 129 Å². The molecule has 27 heavy (non-hydrogen) atoms. The third-order valence-corrected chi connectivity index (χ3v) is 5.53. The van der Waals surface area contributed by atoms with E-state index < -0.39 is 5.50 Å². The summed E-state index contributed by atoms with van der Waals surface area (Å²) in [7, 11) is 1.88. The molecule has 0 radical (unpaired) electrons. The largest absolute Gasteiger partial charge is 0.391 e. The summed E-state index contributed by atoms with van der Waals surface area (Å²) in [6.07, 6.45) is 29.3. The van der Waals surface area contributed by atoms with Gasteiger partial charge in [-0.15, -0.1) is 0 Å². The lowest BCUT2D eigenvalue weighted by molar-refractivity contribution is 0.228. The average molecular weight is 376 g/mol. The normalized spacial score (nSPS) is 15.6. The molecule has 2 unspecified atom stereocenters. The summed E-state index contributed by atoms with van der Waals surface area (Å²) in [6.45, 7) is 6.85. The monoisotopic (exact) mass is 376 g/mol. The van der Waals surface area contributed by atoms with Crippen LogP contribution in [0.1, 0.15) is 124 Å². The van der Waals surface area contributed by atoms with Crippen LogP contribution in [-0.2, 0) is 0 Å². The van der Waals surface area contributed by atoms with Crippen molar-refractivity contribution in [3.05, 3.63) is 24.3 Å². The second-order valence-electron chi connectivity index (χ2n) is 8.67. The first-order valence-corrected chi connectivity index (χ1v) is 12.1. The maximum absolute atomic E-state index is 10.3. The van der Waals surface area contributed by atoms with Crippen molar-refractivity contribution in [1.82, 2.24) is 0 Å². The van der Waals surface area contributed by atoms with Crippen LogP contribution in [-0.4, -0.2) is 18.5 Å². The number of rotatable bonds is 19. The van der Waals surface area contributed by atoms with Gasteiger partial charge in [0, 0.05) is 0 Å². The zero-order chi connectivity index (χ0) is 20.2. The van der Waals surface area contributed by atoms with E-state index in [-0.39, 0.29) is 0 Å². The lowest BCUT2D eigenvalue weighted by Gasteiger charge is -2.15. The highest BCUT2D eigenvalue weighted by Crippen LogP contribution is 2.22. The van der Waals surface area contributed by atoms with E-state index in [0.717, 1.165) is 18.8 Å². The highest BCUT2D eigenvalue weighted by Gasteiger charge is 2.10. The molecule has 0 aromatic rings. The molecule has 0 fully saturated rings. The van der Waals surface area contributed by atoms with E-state index in [2.05, 4.69) is 32.9 Å². The van der Waals surface area contributed by atoms with Crippen LogP contribution in [0.3, 0.4) is 0 Å². The van der Waals surface area contributed by atoms with Gasteiger partial charge in [0.25, 0.3) is 0 Å². The Kier molecular flexibility index (Phi) is 18.5. The summed E-state index contributed by atoms with van der Waals surface area (Å²) < 4.78 is 0. The summed E-state index contributed by atoms with van der Waals surface area (Å²) in [6, 6.07) is 0. The maximum atomic E-state index is 10.3. The van der Waals surface area contributed by atoms with Crippen LogP contribution in [0.25, 0.3) is 0 Å². The molecule has 0 amide bonds. The summed E-state index contributed by atoms with van der Waals surface area (Å²) in [5.74, 6) is 0.982. The zero-order valence-electron chi connectivity index (χ0n) is 19.1. The Morgan fingerprint density at radius 1 is 0.667 bits per heavy atom. The molecule has 0 aliphatic carbocycles. The van der Waals surface area contributed by atoms with Crippen LogP contribution >= 0.6 is 0 Å². The average Bonchev–Trinajstić information content (AvgIpc) is 2.64. The number of unbranched alkanes of at least 4 members (excludes halogenated alkanes) is 9. The van der Waals surface area contributed by atoms with Gasteiger partial charge in [-0.05, 0) is 31.6 Å². The van der Waals surface area contributed by atoms with Gasteiger partial charge in [-0.1, -0.05) is 122 Å². The van der Waals surface area contributed by atoms with Crippen molar-refractivity contribution < 1.29 is 5.11 Å². The van der Waals surface area contributed by atoms with E-state index in [1.807, 2.05) is 20.0 Å². The Morgan fingerprint density at radius 2 is 1.19 bits per heavy atom. The predicted octanol–water partition coefficient (Wildman–Crippen LogP) is 7.34. The Morgan fingerprint density at radius 3 is 1.78 bits per heavy atom. The highest BCUT2D eigenvalue weighted by molar-refractivity contribution is 6.17. The van der Waals surface area contributed by atoms with Gasteiger partial charge in [0.1, 0.15) is 0 Å². The van der Waals surface area contributed by atoms with Crippen LogP contribution < -0.4 is 0 Å². The predicted molar refractivity (Wildman–Crippen MR) is 126 cm³/mol. The van der Waals surface area contributed by atoms with Crippen LogP contribution in [0.5, 0.6) is 0 Å². The van der Waals surface area contributed by atoms with Crippen LogP contribution in [0.2, 0.25) is 0 Å². The number of hydrogen-bond acceptors (Lipinski definition) is 1. The minimum atomic E-state index is -0.779. The van der Waals surface area contributed by atoms with Crippen molar-refractivity contribution in [3.8, 4) is 0 Å². The van der Waals surface area contributed by atoms with Gasteiger partial charge >= 0.3 is 0 Å². The Bertz CT molecular complexity index is 359. The second-order valence-corrected chi connectivity index (χ2v) is 8.67. The van der Waals surface area contributed by atoms with E-state index in [4.69, 9.17) is 0 Å². The smallest absolute Gasteiger partial charge is 0.153 e. The molecule has 0 spiro atoms. The summed E-state index contributed by atoms with van der Waals surface area (Å²) in [4.78, 5) is 0. The molecule has 1 nitrogen and oxygen atoms in total. The standard InChI is InChI=1S/C25H49BO/c1-4-7-9-14-17-22-25(26,27)23-18-15-12-10-11-13-16-21-24(19-6-3)20-8-5-2/h17-18,22-24,27H,4-16,19-21,26H2,1-3H3/b22-17-,23-18-. The van der Waals surface area contributed by atoms with Gasteiger partial charge in [-0.25, -0.2) is 0 Å². The molecule has 1 N–H and O–H groups in total. The fourth-order valence-electron chi connectivity index (χ4n) is 3.77. The minimum absolute atomic E-state index is 0.779. The first-order valence-electron chi connectivity index (χ1n) is 12.1. The molecule has 158 valence electrons. The molecule has 0 bridgehead atoms. The molecular formula is C25H49BO. The molecule has 0 aliphatic heterocycles. The first kappa shape index (κ1) is 26.5. The van der Waals surface area contributed by atoms with E-state index in [0.29, 0.717) is 0 Å². The number of hydrogen-bond donors (Lipinski definition) is 1. The molecule has 0 saturated carbocycles. The Labute approximate surface area is 172 Å². The second kappa shape index (κ2) is 18.8. The summed E-state index contributed by atoms with van der Waals surface area (Å²) >= 11 is 0. The van der Waals surface area contributed by atoms with Gasteiger partial charge in [0.05, 0.1) is 5.50 Å². The SMILES string of the molecule is BC(O)(/C=C\CCCCC)/C=C\CCCCCCCC(CCC)CCCC. The van der Waals surface area contributed by atoms with Crippen LogP contribution in [0.15, 0.2) is 24.3 Å². The van der Waals surface area contributed by atoms with Crippen molar-refractivity contribution in [1.29, 1.82) is 0 Å². The molecule has 0 heterocycles. The molecule has 0 rings (SSSR count). The number of allylic oxidation sites excluding steroid dienone is 2. The summed E-state index contributed by atoms with van der Waals surface area (Å²) in [5, 5.41) is 10.3. The lowest BCUT2D eigenvalue weighted by Crippen LogP contribution is -2.22. The fourth-order valence-corrected chi connectivity index (χ4v) is 3.77. The minimum Gasteiger partial charge on any atom is -0.391 e. The van der Waals surface area contributed by atoms with Gasteiger partial charge in [0.15, 0.2) is 7.85 Å². The first-order chi connectivity index (χ1) is 13.1. The lowest BCUT2D eigenvalue weighted by atomic mass is 9.80. The van der Waals surface area contributed by atoms with Crippen molar-refractivity contribution in [2.24, 2.45) is 5.92 Å². The molecule has 0 aliphatic rings. The molecule has 2 atom stereocenters. The van der Waals surface area contributed by atoms with E-state index >= 15 is 0 Å². The molecule has 2 heteroatoms. The van der Waals surface area contributed by atoms with Gasteiger partial charge in [-0.2, -0.15) is 0 Å². The van der Waals surface area contributed by atoms with Gasteiger partial charge in [0.2, 0.25) is 0 Å². The third-order valence-electron chi connectivity index (χ3n) is 5.53. The fraction of sp³-hybridized carbons (Fsp3) is 0.840. The van der Waals surface area contributed by atoms with Gasteiger partial charge in [-0.3, -0.25) is 0 Å². The molecule has 0 saturated heterocycles. The highest BCUT2D eigenvalue weighted by atomic mass is 16.3. The maximum Gasteiger partial charge on any atom is 0.153 e. The zero-order valence-corrected chi connectivity index (χ0v) is 19.1. The van der Waals surface area contributed by atoms with Crippen LogP contribution in [0, 0.1) is 5.92 Å². The molecule has 0 aromatic heterocycles. The van der Waals surface area contributed by atoms with Crippen molar-refractivity contribution >= 4 is 7.85 Å². The third kappa shape index (κ3) is 18.6. The van der Waals surface area contributed by atoms with E-state index in [9.17, 15) is 5.11 Å². The number of aliphatic hydroxyl groups is 1. The Hall–Kier alpha value is -0.495. The van der Waals surface area contributed by atoms with E-state index in [1.54, 1.807) is 0 Å². The van der Waals surface area contributed by atoms with Crippen molar-refractivity contribution in [3.63, 3.8) is 0 Å². The molecule has 0 aromatic carbocycles. The quantitative estimate of drug-likeness (QED) is 0.142. The van der Waals surface area contributed by atoms with E-state index in [1.165, 1.54) is 89.9 Å². The topological polar surface area (TPSA) is 20.2 Å². The Balaban J connectivity index is 3.70. The van der Waals surface area contributed by atoms with Crippen molar-refractivity contribution in [2.75, 3.05) is 0 Å².